The Labute approximate surface area is 164 Å². The molecule has 0 aliphatic heterocycles. The molecule has 0 radical (unpaired) electrons. The zero-order chi connectivity index (χ0) is 17.4. The quantitative estimate of drug-likeness (QED) is 0.334. The number of aliphatic imine (C=N–C) groups is 1. The van der Waals surface area contributed by atoms with Crippen molar-refractivity contribution < 1.29 is 14.3 Å². The van der Waals surface area contributed by atoms with Gasteiger partial charge in [0.25, 0.3) is 0 Å². The number of halogens is 1. The predicted molar refractivity (Wildman–Crippen MR) is 107 cm³/mol. The smallest absolute Gasteiger partial charge is 0.213 e. The highest BCUT2D eigenvalue weighted by atomic mass is 127. The van der Waals surface area contributed by atoms with Crippen LogP contribution in [0.5, 0.6) is 5.88 Å². The lowest BCUT2D eigenvalue weighted by atomic mass is 10.0. The summed E-state index contributed by atoms with van der Waals surface area (Å²) in [4.78, 5) is 8.59. The van der Waals surface area contributed by atoms with E-state index in [1.165, 1.54) is 0 Å². The fraction of sp³-hybridized carbons (Fsp3) is 0.412. The number of nitrogens with zero attached hydrogens (tertiary/aromatic N) is 2. The number of hydrogen-bond donors (Lipinski definition) is 3. The van der Waals surface area contributed by atoms with Crippen molar-refractivity contribution in [3.05, 3.63) is 48.0 Å². The van der Waals surface area contributed by atoms with Crippen LogP contribution in [0.2, 0.25) is 0 Å². The van der Waals surface area contributed by atoms with Gasteiger partial charge in [-0.2, -0.15) is 0 Å². The van der Waals surface area contributed by atoms with Crippen molar-refractivity contribution in [3.63, 3.8) is 0 Å². The summed E-state index contributed by atoms with van der Waals surface area (Å²) in [7, 11) is 1.58. The van der Waals surface area contributed by atoms with Crippen LogP contribution in [-0.2, 0) is 12.1 Å². The zero-order valence-corrected chi connectivity index (χ0v) is 17.0. The molecule has 2 rings (SSSR count). The number of guanidine groups is 1. The van der Waals surface area contributed by atoms with E-state index in [0.29, 0.717) is 30.7 Å². The van der Waals surface area contributed by atoms with E-state index in [9.17, 15) is 5.11 Å². The molecule has 0 spiro atoms. The molecule has 8 heteroatoms. The topological polar surface area (TPSA) is 91.9 Å². The van der Waals surface area contributed by atoms with Gasteiger partial charge in [-0.25, -0.2) is 9.98 Å². The molecular weight excluding hydrogens is 435 g/mol. The summed E-state index contributed by atoms with van der Waals surface area (Å²) >= 11 is 0. The SMILES string of the molecule is CCNC(=NCc1ccnc(OC)c1)NCC(C)(O)c1ccco1.I. The fourth-order valence-electron chi connectivity index (χ4n) is 2.10. The lowest BCUT2D eigenvalue weighted by Gasteiger charge is -2.22. The van der Waals surface area contributed by atoms with Crippen molar-refractivity contribution in [3.8, 4) is 5.88 Å². The number of methoxy groups -OCH3 is 1. The van der Waals surface area contributed by atoms with Crippen molar-refractivity contribution >= 4 is 29.9 Å². The molecule has 0 saturated heterocycles. The molecule has 25 heavy (non-hydrogen) atoms. The zero-order valence-electron chi connectivity index (χ0n) is 14.7. The fourth-order valence-corrected chi connectivity index (χ4v) is 2.10. The molecule has 0 aliphatic rings. The highest BCUT2D eigenvalue weighted by Crippen LogP contribution is 2.19. The first-order valence-electron chi connectivity index (χ1n) is 7.82. The second-order valence-corrected chi connectivity index (χ2v) is 5.51. The van der Waals surface area contributed by atoms with E-state index in [4.69, 9.17) is 9.15 Å². The summed E-state index contributed by atoms with van der Waals surface area (Å²) in [6, 6.07) is 7.22. The number of pyridine rings is 1. The van der Waals surface area contributed by atoms with Gasteiger partial charge in [-0.3, -0.25) is 0 Å². The maximum Gasteiger partial charge on any atom is 0.213 e. The number of rotatable bonds is 7. The van der Waals surface area contributed by atoms with E-state index in [1.54, 1.807) is 38.6 Å². The first-order chi connectivity index (χ1) is 11.5. The van der Waals surface area contributed by atoms with Crippen LogP contribution in [-0.4, -0.2) is 36.2 Å². The number of aliphatic hydroxyl groups is 1. The number of hydrogen-bond acceptors (Lipinski definition) is 5. The maximum atomic E-state index is 10.5. The third-order valence-electron chi connectivity index (χ3n) is 3.42. The van der Waals surface area contributed by atoms with Gasteiger partial charge in [-0.05, 0) is 37.6 Å². The first kappa shape index (κ1) is 21.2. The third kappa shape index (κ3) is 6.54. The van der Waals surface area contributed by atoms with Gasteiger partial charge in [0.15, 0.2) is 5.96 Å². The minimum Gasteiger partial charge on any atom is -0.481 e. The summed E-state index contributed by atoms with van der Waals surface area (Å²) in [6.45, 7) is 5.13. The largest absolute Gasteiger partial charge is 0.481 e. The van der Waals surface area contributed by atoms with Gasteiger partial charge in [-0.1, -0.05) is 0 Å². The van der Waals surface area contributed by atoms with Crippen LogP contribution in [0.25, 0.3) is 0 Å². The van der Waals surface area contributed by atoms with Crippen LogP contribution in [0.15, 0.2) is 46.1 Å². The molecule has 0 aliphatic carbocycles. The van der Waals surface area contributed by atoms with Crippen molar-refractivity contribution in [1.82, 2.24) is 15.6 Å². The van der Waals surface area contributed by atoms with E-state index in [2.05, 4.69) is 20.6 Å². The van der Waals surface area contributed by atoms with Crippen LogP contribution in [0.3, 0.4) is 0 Å². The Morgan fingerprint density at radius 2 is 2.20 bits per heavy atom. The molecule has 1 atom stereocenters. The van der Waals surface area contributed by atoms with Gasteiger partial charge in [0.2, 0.25) is 5.88 Å². The lowest BCUT2D eigenvalue weighted by molar-refractivity contribution is 0.0386. The molecule has 2 aromatic heterocycles. The Kier molecular flexibility index (Phi) is 8.70. The first-order valence-corrected chi connectivity index (χ1v) is 7.82. The minimum atomic E-state index is -1.13. The second kappa shape index (κ2) is 10.2. The summed E-state index contributed by atoms with van der Waals surface area (Å²) < 4.78 is 10.4. The van der Waals surface area contributed by atoms with Crippen molar-refractivity contribution in [2.45, 2.75) is 26.0 Å². The minimum absolute atomic E-state index is 0. The summed E-state index contributed by atoms with van der Waals surface area (Å²) in [5, 5.41) is 16.8. The summed E-state index contributed by atoms with van der Waals surface area (Å²) in [6.07, 6.45) is 3.23. The Bertz CT molecular complexity index is 660. The van der Waals surface area contributed by atoms with Gasteiger partial charge in [0.1, 0.15) is 11.4 Å². The van der Waals surface area contributed by atoms with E-state index in [1.807, 2.05) is 19.1 Å². The summed E-state index contributed by atoms with van der Waals surface area (Å²) in [5.74, 6) is 1.67. The molecule has 0 fully saturated rings. The second-order valence-electron chi connectivity index (χ2n) is 5.51. The number of ether oxygens (including phenoxy) is 1. The normalized spacial score (nSPS) is 13.5. The van der Waals surface area contributed by atoms with Crippen LogP contribution in [0.1, 0.15) is 25.2 Å². The maximum absolute atomic E-state index is 10.5. The molecule has 2 aromatic rings. The van der Waals surface area contributed by atoms with Crippen molar-refractivity contribution in [2.75, 3.05) is 20.2 Å². The molecule has 138 valence electrons. The molecule has 0 saturated carbocycles. The molecular formula is C17H25IN4O3. The van der Waals surface area contributed by atoms with Gasteiger partial charge in [-0.15, -0.1) is 24.0 Å². The van der Waals surface area contributed by atoms with E-state index < -0.39 is 5.60 Å². The van der Waals surface area contributed by atoms with Crippen LogP contribution in [0, 0.1) is 0 Å². The van der Waals surface area contributed by atoms with Gasteiger partial charge in [0, 0.05) is 18.8 Å². The highest BCUT2D eigenvalue weighted by Gasteiger charge is 2.26. The van der Waals surface area contributed by atoms with Gasteiger partial charge in [0.05, 0.1) is 26.5 Å². The lowest BCUT2D eigenvalue weighted by Crippen LogP contribution is -2.44. The van der Waals surface area contributed by atoms with Crippen LogP contribution in [0.4, 0.5) is 0 Å². The molecule has 0 bridgehead atoms. The average Bonchev–Trinajstić information content (AvgIpc) is 3.13. The summed E-state index contributed by atoms with van der Waals surface area (Å²) in [5.41, 5.74) is -0.142. The number of nitrogens with one attached hydrogen (secondary N) is 2. The number of aromatic nitrogens is 1. The number of furan rings is 1. The van der Waals surface area contributed by atoms with Crippen LogP contribution < -0.4 is 15.4 Å². The Hall–Kier alpha value is -1.81. The monoisotopic (exact) mass is 460 g/mol. The van der Waals surface area contributed by atoms with Crippen LogP contribution >= 0.6 is 24.0 Å². The molecule has 0 amide bonds. The molecule has 7 nitrogen and oxygen atoms in total. The van der Waals surface area contributed by atoms with Crippen molar-refractivity contribution in [2.24, 2.45) is 4.99 Å². The molecule has 1 unspecified atom stereocenters. The Morgan fingerprint density at radius 1 is 1.40 bits per heavy atom. The third-order valence-corrected chi connectivity index (χ3v) is 3.42. The Balaban J connectivity index is 0.00000312. The molecule has 0 aromatic carbocycles. The Morgan fingerprint density at radius 3 is 2.84 bits per heavy atom. The van der Waals surface area contributed by atoms with Gasteiger partial charge >= 0.3 is 0 Å². The van der Waals surface area contributed by atoms with E-state index >= 15 is 0 Å². The molecule has 3 N–H and O–H groups in total. The molecule has 2 heterocycles. The van der Waals surface area contributed by atoms with E-state index in [0.717, 1.165) is 5.56 Å². The van der Waals surface area contributed by atoms with Gasteiger partial charge < -0.3 is 24.9 Å². The predicted octanol–water partition coefficient (Wildman–Crippen LogP) is 2.26. The van der Waals surface area contributed by atoms with E-state index in [-0.39, 0.29) is 30.5 Å². The average molecular weight is 460 g/mol. The standard InChI is InChI=1S/C17H24N4O3.HI/c1-4-18-16(20-11-13-7-8-19-15(10-13)23-3)21-12-17(2,22)14-6-5-9-24-14;/h5-10,22H,4,11-12H2,1-3H3,(H2,18,20,21);1H. The van der Waals surface area contributed by atoms with Crippen molar-refractivity contribution in [1.29, 1.82) is 0 Å². The highest BCUT2D eigenvalue weighted by molar-refractivity contribution is 14.0.